The van der Waals surface area contributed by atoms with Crippen LogP contribution in [0.1, 0.15) is 44.5 Å². The number of hydrogen-bond donors (Lipinski definition) is 2. The number of para-hydroxylation sites is 1. The SMILES string of the molecule is COC1CCn2c(C(=O)Nc3ccc(C#N)cc3C(=O)O)cc3cccc1c32. The number of anilines is 1. The number of aromatic carboxylic acids is 1. The zero-order valence-electron chi connectivity index (χ0n) is 15.1. The Balaban J connectivity index is 1.75. The topological polar surface area (TPSA) is 104 Å². The van der Waals surface area contributed by atoms with Crippen molar-refractivity contribution in [2.45, 2.75) is 19.1 Å². The van der Waals surface area contributed by atoms with Crippen LogP contribution in [0.2, 0.25) is 0 Å². The second-order valence-corrected chi connectivity index (χ2v) is 6.61. The third-order valence-corrected chi connectivity index (χ3v) is 5.06. The summed E-state index contributed by atoms with van der Waals surface area (Å²) in [7, 11) is 1.67. The van der Waals surface area contributed by atoms with Gasteiger partial charge >= 0.3 is 5.97 Å². The lowest BCUT2D eigenvalue weighted by atomic mass is 10.0. The largest absolute Gasteiger partial charge is 0.478 e. The fourth-order valence-electron chi connectivity index (χ4n) is 3.77. The Kier molecular flexibility index (Phi) is 4.34. The summed E-state index contributed by atoms with van der Waals surface area (Å²) in [5.74, 6) is -1.61. The average Bonchev–Trinajstić information content (AvgIpc) is 3.09. The highest BCUT2D eigenvalue weighted by molar-refractivity contribution is 6.09. The van der Waals surface area contributed by atoms with Gasteiger partial charge in [-0.05, 0) is 30.7 Å². The second-order valence-electron chi connectivity index (χ2n) is 6.61. The van der Waals surface area contributed by atoms with Crippen molar-refractivity contribution >= 4 is 28.5 Å². The third kappa shape index (κ3) is 2.80. The normalized spacial score (nSPS) is 15.2. The minimum atomic E-state index is -1.21. The van der Waals surface area contributed by atoms with E-state index in [-0.39, 0.29) is 22.9 Å². The molecule has 0 aliphatic carbocycles. The Morgan fingerprint density at radius 3 is 2.82 bits per heavy atom. The van der Waals surface area contributed by atoms with Gasteiger partial charge < -0.3 is 19.7 Å². The monoisotopic (exact) mass is 375 g/mol. The van der Waals surface area contributed by atoms with Crippen molar-refractivity contribution in [3.63, 3.8) is 0 Å². The van der Waals surface area contributed by atoms with Crippen LogP contribution in [0.15, 0.2) is 42.5 Å². The van der Waals surface area contributed by atoms with E-state index in [2.05, 4.69) is 5.32 Å². The van der Waals surface area contributed by atoms with E-state index >= 15 is 0 Å². The number of carboxylic acid groups (broad SMARTS) is 1. The van der Waals surface area contributed by atoms with E-state index in [1.807, 2.05) is 28.8 Å². The zero-order valence-corrected chi connectivity index (χ0v) is 15.1. The first-order valence-corrected chi connectivity index (χ1v) is 8.77. The van der Waals surface area contributed by atoms with Crippen LogP contribution in [0.5, 0.6) is 0 Å². The molecule has 2 N–H and O–H groups in total. The molecule has 3 aromatic rings. The molecule has 2 heterocycles. The molecule has 1 aliphatic heterocycles. The number of rotatable bonds is 4. The van der Waals surface area contributed by atoms with Gasteiger partial charge in [0.05, 0.1) is 34.5 Å². The highest BCUT2D eigenvalue weighted by atomic mass is 16.5. The molecule has 140 valence electrons. The standard InChI is InChI=1S/C21H17N3O4/c1-28-18-7-8-24-17(10-13-3-2-4-14(18)19(13)24)20(25)23-16-6-5-12(11-22)9-15(16)21(26)27/h2-6,9-10,18H,7-8H2,1H3,(H,23,25)(H,26,27). The molecule has 4 rings (SSSR count). The van der Waals surface area contributed by atoms with E-state index < -0.39 is 11.9 Å². The summed E-state index contributed by atoms with van der Waals surface area (Å²) >= 11 is 0. The number of aromatic nitrogens is 1. The van der Waals surface area contributed by atoms with Gasteiger partial charge in [0.15, 0.2) is 0 Å². The summed E-state index contributed by atoms with van der Waals surface area (Å²) < 4.78 is 7.51. The predicted octanol–water partition coefficient (Wildman–Crippen LogP) is 3.55. The number of aryl methyl sites for hydroxylation is 1. The Labute approximate surface area is 160 Å². The number of ether oxygens (including phenoxy) is 1. The lowest BCUT2D eigenvalue weighted by Gasteiger charge is -2.25. The van der Waals surface area contributed by atoms with Crippen LogP contribution in [-0.2, 0) is 11.3 Å². The molecule has 0 radical (unpaired) electrons. The van der Waals surface area contributed by atoms with E-state index in [1.54, 1.807) is 13.2 Å². The summed E-state index contributed by atoms with van der Waals surface area (Å²) in [5, 5.41) is 22.0. The predicted molar refractivity (Wildman–Crippen MR) is 102 cm³/mol. The number of amides is 1. The maximum atomic E-state index is 13.0. The van der Waals surface area contributed by atoms with Crippen molar-refractivity contribution in [3.05, 3.63) is 64.8 Å². The zero-order chi connectivity index (χ0) is 19.8. The van der Waals surface area contributed by atoms with Gasteiger partial charge in [0.1, 0.15) is 5.69 Å². The van der Waals surface area contributed by atoms with Crippen LogP contribution < -0.4 is 5.32 Å². The van der Waals surface area contributed by atoms with Crippen LogP contribution >= 0.6 is 0 Å². The van der Waals surface area contributed by atoms with E-state index in [1.165, 1.54) is 18.2 Å². The molecule has 0 bridgehead atoms. The molecular weight excluding hydrogens is 358 g/mol. The highest BCUT2D eigenvalue weighted by Gasteiger charge is 2.26. The Bertz CT molecular complexity index is 1160. The van der Waals surface area contributed by atoms with E-state index in [0.717, 1.165) is 22.9 Å². The van der Waals surface area contributed by atoms with Gasteiger partial charge in [-0.15, -0.1) is 0 Å². The number of nitriles is 1. The van der Waals surface area contributed by atoms with Gasteiger partial charge in [0.25, 0.3) is 5.91 Å². The van der Waals surface area contributed by atoms with Crippen LogP contribution in [0.25, 0.3) is 10.9 Å². The molecule has 0 saturated carbocycles. The van der Waals surface area contributed by atoms with Gasteiger partial charge in [-0.2, -0.15) is 5.26 Å². The molecule has 0 fully saturated rings. The smallest absolute Gasteiger partial charge is 0.337 e. The lowest BCUT2D eigenvalue weighted by molar-refractivity contribution is 0.0698. The number of hydrogen-bond acceptors (Lipinski definition) is 4. The number of nitrogens with one attached hydrogen (secondary N) is 1. The first-order chi connectivity index (χ1) is 13.5. The number of carboxylic acids is 1. The minimum absolute atomic E-state index is 0.0147. The van der Waals surface area contributed by atoms with Crippen LogP contribution in [-0.4, -0.2) is 28.7 Å². The molecular formula is C21H17N3O4. The lowest BCUT2D eigenvalue weighted by Crippen LogP contribution is -2.22. The number of carbonyl (C=O) groups excluding carboxylic acids is 1. The second kappa shape index (κ2) is 6.83. The molecule has 1 amide bonds. The summed E-state index contributed by atoms with van der Waals surface area (Å²) in [6.07, 6.45) is 0.730. The molecule has 1 aliphatic rings. The number of methoxy groups -OCH3 is 1. The Morgan fingerprint density at radius 1 is 1.29 bits per heavy atom. The van der Waals surface area contributed by atoms with Crippen molar-refractivity contribution in [1.82, 2.24) is 4.57 Å². The number of carbonyl (C=O) groups is 2. The summed E-state index contributed by atoms with van der Waals surface area (Å²) in [5.41, 5.74) is 2.70. The van der Waals surface area contributed by atoms with E-state index in [0.29, 0.717) is 12.2 Å². The fraction of sp³-hybridized carbons (Fsp3) is 0.190. The summed E-state index contributed by atoms with van der Waals surface area (Å²) in [6.45, 7) is 0.626. The van der Waals surface area contributed by atoms with E-state index in [9.17, 15) is 14.7 Å². The third-order valence-electron chi connectivity index (χ3n) is 5.06. The molecule has 1 atom stereocenters. The Hall–Kier alpha value is -3.63. The highest BCUT2D eigenvalue weighted by Crippen LogP contribution is 2.36. The average molecular weight is 375 g/mol. The molecule has 7 heteroatoms. The maximum Gasteiger partial charge on any atom is 0.337 e. The summed E-state index contributed by atoms with van der Waals surface area (Å²) in [4.78, 5) is 24.5. The van der Waals surface area contributed by atoms with Gasteiger partial charge in [-0.1, -0.05) is 18.2 Å². The van der Waals surface area contributed by atoms with E-state index in [4.69, 9.17) is 10.00 Å². The number of benzene rings is 2. The van der Waals surface area contributed by atoms with Crippen LogP contribution in [0, 0.1) is 11.3 Å². The summed E-state index contributed by atoms with van der Waals surface area (Å²) in [6, 6.07) is 13.7. The van der Waals surface area contributed by atoms with Crippen LogP contribution in [0.3, 0.4) is 0 Å². The molecule has 7 nitrogen and oxygen atoms in total. The minimum Gasteiger partial charge on any atom is -0.478 e. The van der Waals surface area contributed by atoms with Crippen molar-refractivity contribution in [3.8, 4) is 6.07 Å². The van der Waals surface area contributed by atoms with Crippen molar-refractivity contribution in [2.75, 3.05) is 12.4 Å². The maximum absolute atomic E-state index is 13.0. The van der Waals surface area contributed by atoms with Crippen molar-refractivity contribution < 1.29 is 19.4 Å². The first-order valence-electron chi connectivity index (χ1n) is 8.77. The first kappa shape index (κ1) is 17.8. The molecule has 2 aromatic carbocycles. The van der Waals surface area contributed by atoms with Crippen molar-refractivity contribution in [1.29, 1.82) is 5.26 Å². The number of nitrogens with zero attached hydrogens (tertiary/aromatic N) is 2. The molecule has 1 unspecified atom stereocenters. The van der Waals surface area contributed by atoms with Crippen molar-refractivity contribution in [2.24, 2.45) is 0 Å². The van der Waals surface area contributed by atoms with Gasteiger partial charge in [-0.25, -0.2) is 4.79 Å². The van der Waals surface area contributed by atoms with Gasteiger partial charge in [-0.3, -0.25) is 4.79 Å². The quantitative estimate of drug-likeness (QED) is 0.726. The molecule has 28 heavy (non-hydrogen) atoms. The van der Waals surface area contributed by atoms with Gasteiger partial charge in [0.2, 0.25) is 0 Å². The molecule has 0 saturated heterocycles. The van der Waals surface area contributed by atoms with Crippen LogP contribution in [0.4, 0.5) is 5.69 Å². The molecule has 0 spiro atoms. The fourth-order valence-corrected chi connectivity index (χ4v) is 3.77. The van der Waals surface area contributed by atoms with Gasteiger partial charge in [0, 0.05) is 24.6 Å². The Morgan fingerprint density at radius 2 is 2.11 bits per heavy atom. The molecule has 1 aromatic heterocycles.